The molecule has 0 aromatic carbocycles. The van der Waals surface area contributed by atoms with Gasteiger partial charge in [-0.25, -0.2) is 0 Å². The number of nitrogens with zero attached hydrogens (tertiary/aromatic N) is 1. The fourth-order valence-corrected chi connectivity index (χ4v) is 1.90. The summed E-state index contributed by atoms with van der Waals surface area (Å²) in [4.78, 5) is 12.9. The van der Waals surface area contributed by atoms with Gasteiger partial charge >= 0.3 is 0 Å². The van der Waals surface area contributed by atoms with Crippen molar-refractivity contribution < 1.29 is 4.79 Å². The molecule has 5 heteroatoms. The second-order valence-corrected chi connectivity index (χ2v) is 4.46. The van der Waals surface area contributed by atoms with E-state index in [1.165, 1.54) is 16.2 Å². The van der Waals surface area contributed by atoms with Gasteiger partial charge in [-0.2, -0.15) is 0 Å². The number of amides is 1. The minimum atomic E-state index is -0.481. The zero-order valence-electron chi connectivity index (χ0n) is 7.45. The second-order valence-electron chi connectivity index (χ2n) is 2.76. The molecule has 0 aliphatic heterocycles. The van der Waals surface area contributed by atoms with E-state index >= 15 is 0 Å². The molecule has 1 rings (SSSR count). The van der Waals surface area contributed by atoms with E-state index in [0.29, 0.717) is 4.34 Å². The molecule has 1 atom stereocenters. The van der Waals surface area contributed by atoms with E-state index in [2.05, 4.69) is 0 Å². The van der Waals surface area contributed by atoms with E-state index in [1.807, 2.05) is 0 Å². The van der Waals surface area contributed by atoms with E-state index in [1.54, 1.807) is 26.1 Å². The molecular weight excluding hydrogens is 208 g/mol. The summed E-state index contributed by atoms with van der Waals surface area (Å²) < 4.78 is 0.666. The molecule has 0 saturated carbocycles. The van der Waals surface area contributed by atoms with Gasteiger partial charge in [0.1, 0.15) is 0 Å². The molecule has 0 aliphatic carbocycles. The fourth-order valence-electron chi connectivity index (χ4n) is 0.899. The first-order valence-corrected chi connectivity index (χ1v) is 5.00. The third-order valence-electron chi connectivity index (χ3n) is 1.61. The highest BCUT2D eigenvalue weighted by Crippen LogP contribution is 2.28. The van der Waals surface area contributed by atoms with E-state index in [9.17, 15) is 4.79 Å². The van der Waals surface area contributed by atoms with Crippen molar-refractivity contribution in [2.75, 3.05) is 11.9 Å². The molecule has 1 unspecified atom stereocenters. The number of anilines is 1. The Morgan fingerprint density at radius 1 is 1.69 bits per heavy atom. The van der Waals surface area contributed by atoms with E-state index in [-0.39, 0.29) is 5.91 Å². The zero-order valence-corrected chi connectivity index (χ0v) is 9.02. The topological polar surface area (TPSA) is 46.3 Å². The lowest BCUT2D eigenvalue weighted by atomic mass is 10.3. The van der Waals surface area contributed by atoms with Crippen LogP contribution in [0, 0.1) is 0 Å². The van der Waals surface area contributed by atoms with Crippen LogP contribution in [0.3, 0.4) is 0 Å². The maximum atomic E-state index is 11.4. The summed E-state index contributed by atoms with van der Waals surface area (Å²) >= 11 is 7.09. The molecule has 72 valence electrons. The quantitative estimate of drug-likeness (QED) is 0.822. The predicted octanol–water partition coefficient (Wildman–Crippen LogP) is 1.71. The molecule has 0 radical (unpaired) electrons. The molecule has 1 aromatic heterocycles. The highest BCUT2D eigenvalue weighted by Gasteiger charge is 2.15. The summed E-state index contributed by atoms with van der Waals surface area (Å²) in [5.74, 6) is -0.112. The number of thiophene rings is 1. The van der Waals surface area contributed by atoms with Crippen molar-refractivity contribution in [1.82, 2.24) is 0 Å². The molecule has 0 aliphatic rings. The first-order chi connectivity index (χ1) is 6.02. The van der Waals surface area contributed by atoms with Crippen LogP contribution in [0.1, 0.15) is 6.92 Å². The fraction of sp³-hybridized carbons (Fsp3) is 0.375. The summed E-state index contributed by atoms with van der Waals surface area (Å²) in [5.41, 5.74) is 5.46. The molecule has 0 fully saturated rings. The van der Waals surface area contributed by atoms with Crippen molar-refractivity contribution in [1.29, 1.82) is 0 Å². The summed E-state index contributed by atoms with van der Waals surface area (Å²) in [7, 11) is 1.69. The number of likely N-dealkylation sites (N-methyl/N-ethyl adjacent to an activating group) is 1. The van der Waals surface area contributed by atoms with E-state index in [0.717, 1.165) is 5.00 Å². The Bertz CT molecular complexity index is 311. The molecule has 0 spiro atoms. The van der Waals surface area contributed by atoms with Gasteiger partial charge in [0.15, 0.2) is 0 Å². The van der Waals surface area contributed by atoms with Crippen molar-refractivity contribution in [3.63, 3.8) is 0 Å². The largest absolute Gasteiger partial charge is 0.320 e. The third-order valence-corrected chi connectivity index (χ3v) is 2.92. The van der Waals surface area contributed by atoms with Crippen molar-refractivity contribution >= 4 is 33.8 Å². The van der Waals surface area contributed by atoms with Crippen molar-refractivity contribution in [3.8, 4) is 0 Å². The maximum absolute atomic E-state index is 11.4. The van der Waals surface area contributed by atoms with Crippen LogP contribution in [0.4, 0.5) is 5.00 Å². The predicted molar refractivity (Wildman–Crippen MR) is 56.4 cm³/mol. The molecule has 1 aromatic rings. The lowest BCUT2D eigenvalue weighted by Gasteiger charge is -2.16. The molecule has 1 heterocycles. The SMILES string of the molecule is CC(N)C(=O)N(C)c1ccc(Cl)s1. The average Bonchev–Trinajstić information content (AvgIpc) is 2.49. The number of hydrogen-bond donors (Lipinski definition) is 1. The Labute approximate surface area is 86.1 Å². The average molecular weight is 219 g/mol. The molecule has 13 heavy (non-hydrogen) atoms. The highest BCUT2D eigenvalue weighted by molar-refractivity contribution is 7.20. The van der Waals surface area contributed by atoms with Gasteiger partial charge < -0.3 is 10.6 Å². The summed E-state index contributed by atoms with van der Waals surface area (Å²) in [6.45, 7) is 1.66. The van der Waals surface area contributed by atoms with Crippen LogP contribution in [-0.2, 0) is 4.79 Å². The Hall–Kier alpha value is -0.580. The van der Waals surface area contributed by atoms with E-state index < -0.39 is 6.04 Å². The molecule has 1 amide bonds. The molecule has 0 saturated heterocycles. The van der Waals surface area contributed by atoms with Crippen LogP contribution in [0.2, 0.25) is 4.34 Å². The maximum Gasteiger partial charge on any atom is 0.243 e. The molecule has 2 N–H and O–H groups in total. The number of hydrogen-bond acceptors (Lipinski definition) is 3. The van der Waals surface area contributed by atoms with Crippen LogP contribution < -0.4 is 10.6 Å². The molecule has 0 bridgehead atoms. The summed E-state index contributed by atoms with van der Waals surface area (Å²) in [5, 5.41) is 0.812. The van der Waals surface area contributed by atoms with Crippen LogP contribution in [-0.4, -0.2) is 19.0 Å². The number of rotatable bonds is 2. The van der Waals surface area contributed by atoms with Crippen LogP contribution in [0.15, 0.2) is 12.1 Å². The Kier molecular flexibility index (Phi) is 3.30. The molecule has 3 nitrogen and oxygen atoms in total. The lowest BCUT2D eigenvalue weighted by Crippen LogP contribution is -2.39. The van der Waals surface area contributed by atoms with Gasteiger partial charge in [-0.3, -0.25) is 4.79 Å². The van der Waals surface area contributed by atoms with Gasteiger partial charge in [-0.05, 0) is 19.1 Å². The van der Waals surface area contributed by atoms with Gasteiger partial charge in [0.05, 0.1) is 15.4 Å². The van der Waals surface area contributed by atoms with Gasteiger partial charge in [0.2, 0.25) is 5.91 Å². The minimum Gasteiger partial charge on any atom is -0.320 e. The smallest absolute Gasteiger partial charge is 0.243 e. The Morgan fingerprint density at radius 3 is 2.69 bits per heavy atom. The number of nitrogens with two attached hydrogens (primary N) is 1. The number of carbonyl (C=O) groups is 1. The van der Waals surface area contributed by atoms with Crippen molar-refractivity contribution in [2.45, 2.75) is 13.0 Å². The first-order valence-electron chi connectivity index (χ1n) is 3.81. The summed E-state index contributed by atoms with van der Waals surface area (Å²) in [6, 6.07) is 3.07. The molecular formula is C8H11ClN2OS. The van der Waals surface area contributed by atoms with Crippen LogP contribution in [0.25, 0.3) is 0 Å². The Morgan fingerprint density at radius 2 is 2.31 bits per heavy atom. The number of carbonyl (C=O) groups excluding carboxylic acids is 1. The van der Waals surface area contributed by atoms with Gasteiger partial charge in [-0.1, -0.05) is 11.6 Å². The summed E-state index contributed by atoms with van der Waals surface area (Å²) in [6.07, 6.45) is 0. The monoisotopic (exact) mass is 218 g/mol. The minimum absolute atomic E-state index is 0.112. The van der Waals surface area contributed by atoms with Crippen molar-refractivity contribution in [2.24, 2.45) is 5.73 Å². The van der Waals surface area contributed by atoms with Gasteiger partial charge in [0, 0.05) is 7.05 Å². The highest BCUT2D eigenvalue weighted by atomic mass is 35.5. The standard InChI is InChI=1S/C8H11ClN2OS/c1-5(10)8(12)11(2)7-4-3-6(9)13-7/h3-5H,10H2,1-2H3. The normalized spacial score (nSPS) is 12.6. The lowest BCUT2D eigenvalue weighted by molar-refractivity contribution is -0.119. The van der Waals surface area contributed by atoms with Crippen molar-refractivity contribution in [3.05, 3.63) is 16.5 Å². The van der Waals surface area contributed by atoms with Crippen LogP contribution >= 0.6 is 22.9 Å². The Balaban J connectivity index is 2.79. The second kappa shape index (κ2) is 4.09. The third kappa shape index (κ3) is 2.43. The first kappa shape index (κ1) is 10.5. The van der Waals surface area contributed by atoms with Gasteiger partial charge in [-0.15, -0.1) is 11.3 Å². The van der Waals surface area contributed by atoms with Crippen LogP contribution in [0.5, 0.6) is 0 Å². The van der Waals surface area contributed by atoms with Gasteiger partial charge in [0.25, 0.3) is 0 Å². The zero-order chi connectivity index (χ0) is 10.0. The number of halogens is 1. The van der Waals surface area contributed by atoms with E-state index in [4.69, 9.17) is 17.3 Å².